The number of likely N-dealkylation sites (tertiary alicyclic amines) is 1. The van der Waals surface area contributed by atoms with E-state index in [0.29, 0.717) is 5.92 Å². The Balaban J connectivity index is 1.09. The minimum atomic E-state index is -4.27. The van der Waals surface area contributed by atoms with Crippen molar-refractivity contribution in [1.82, 2.24) is 29.9 Å². The molecule has 1 saturated heterocycles. The highest BCUT2D eigenvalue weighted by Gasteiger charge is 2.57. The summed E-state index contributed by atoms with van der Waals surface area (Å²) in [5.74, 6) is 2.11. The zero-order chi connectivity index (χ0) is 23.1. The van der Waals surface area contributed by atoms with E-state index in [-0.39, 0.29) is 5.41 Å². The SMILES string of the molecule is Cn1c(SCCCN2CCC3(C[C@H]3c3ccc(C(F)(F)F)cc3)C2)nnc1-c1ccnnc1. The fourth-order valence-corrected chi connectivity index (χ4v) is 5.75. The molecule has 3 aromatic rings. The maximum Gasteiger partial charge on any atom is 0.416 e. The molecule has 2 atom stereocenters. The highest BCUT2D eigenvalue weighted by Crippen LogP contribution is 2.64. The molecule has 2 aromatic heterocycles. The highest BCUT2D eigenvalue weighted by atomic mass is 32.2. The Labute approximate surface area is 194 Å². The molecule has 0 amide bonds. The summed E-state index contributed by atoms with van der Waals surface area (Å²) in [6.45, 7) is 3.12. The number of thioether (sulfide) groups is 1. The van der Waals surface area contributed by atoms with E-state index in [1.54, 1.807) is 36.3 Å². The van der Waals surface area contributed by atoms with Crippen LogP contribution >= 0.6 is 11.8 Å². The van der Waals surface area contributed by atoms with Crippen molar-refractivity contribution in [3.63, 3.8) is 0 Å². The van der Waals surface area contributed by atoms with E-state index >= 15 is 0 Å². The number of rotatable bonds is 7. The van der Waals surface area contributed by atoms with Crippen LogP contribution in [0.4, 0.5) is 13.2 Å². The van der Waals surface area contributed by atoms with Gasteiger partial charge in [-0.05, 0) is 67.4 Å². The first-order valence-corrected chi connectivity index (χ1v) is 12.0. The number of hydrogen-bond donors (Lipinski definition) is 0. The van der Waals surface area contributed by atoms with Crippen LogP contribution in [0.3, 0.4) is 0 Å². The van der Waals surface area contributed by atoms with Crippen molar-refractivity contribution in [1.29, 1.82) is 0 Å². The van der Waals surface area contributed by atoms with Crippen LogP contribution < -0.4 is 0 Å². The lowest BCUT2D eigenvalue weighted by molar-refractivity contribution is -0.137. The molecule has 2 fully saturated rings. The van der Waals surface area contributed by atoms with Gasteiger partial charge in [0.25, 0.3) is 0 Å². The predicted molar refractivity (Wildman–Crippen MR) is 120 cm³/mol. The summed E-state index contributed by atoms with van der Waals surface area (Å²) in [7, 11) is 1.96. The minimum Gasteiger partial charge on any atom is -0.305 e. The molecule has 174 valence electrons. The van der Waals surface area contributed by atoms with Gasteiger partial charge >= 0.3 is 6.18 Å². The Hall–Kier alpha value is -2.46. The van der Waals surface area contributed by atoms with Crippen LogP contribution in [0.5, 0.6) is 0 Å². The van der Waals surface area contributed by atoms with Crippen LogP contribution in [0, 0.1) is 5.41 Å². The van der Waals surface area contributed by atoms with E-state index in [0.717, 1.165) is 66.8 Å². The largest absolute Gasteiger partial charge is 0.416 e. The molecule has 10 heteroatoms. The summed E-state index contributed by atoms with van der Waals surface area (Å²) in [6, 6.07) is 7.63. The molecule has 0 bridgehead atoms. The third-order valence-electron chi connectivity index (χ3n) is 6.82. The number of aromatic nitrogens is 5. The van der Waals surface area contributed by atoms with E-state index in [4.69, 9.17) is 0 Å². The van der Waals surface area contributed by atoms with Crippen molar-refractivity contribution in [2.45, 2.75) is 36.5 Å². The fourth-order valence-electron chi connectivity index (χ4n) is 4.92. The Morgan fingerprint density at radius 2 is 1.94 bits per heavy atom. The number of benzene rings is 1. The number of alkyl halides is 3. The van der Waals surface area contributed by atoms with E-state index in [2.05, 4.69) is 25.3 Å². The molecule has 2 aliphatic rings. The average molecular weight is 475 g/mol. The van der Waals surface area contributed by atoms with Gasteiger partial charge < -0.3 is 9.47 Å². The molecule has 1 aliphatic carbocycles. The molecule has 1 aliphatic heterocycles. The molecule has 1 saturated carbocycles. The Bertz CT molecular complexity index is 1100. The third-order valence-corrected chi connectivity index (χ3v) is 7.93. The van der Waals surface area contributed by atoms with E-state index in [1.807, 2.05) is 17.7 Å². The fraction of sp³-hybridized carbons (Fsp3) is 0.478. The van der Waals surface area contributed by atoms with Gasteiger partial charge in [0.1, 0.15) is 0 Å². The van der Waals surface area contributed by atoms with Crippen LogP contribution in [0.25, 0.3) is 11.4 Å². The molecule has 3 heterocycles. The molecule has 1 aromatic carbocycles. The summed E-state index contributed by atoms with van der Waals surface area (Å²) in [4.78, 5) is 2.50. The monoisotopic (exact) mass is 474 g/mol. The molecular weight excluding hydrogens is 449 g/mol. The summed E-state index contributed by atoms with van der Waals surface area (Å²) in [5.41, 5.74) is 1.62. The molecular formula is C23H25F3N6S. The molecule has 33 heavy (non-hydrogen) atoms. The predicted octanol–water partition coefficient (Wildman–Crippen LogP) is 4.65. The Morgan fingerprint density at radius 1 is 1.12 bits per heavy atom. The van der Waals surface area contributed by atoms with Crippen LogP contribution in [0.15, 0.2) is 47.9 Å². The van der Waals surface area contributed by atoms with Gasteiger partial charge in [0.2, 0.25) is 0 Å². The van der Waals surface area contributed by atoms with Crippen LogP contribution in [0.2, 0.25) is 0 Å². The van der Waals surface area contributed by atoms with Gasteiger partial charge in [0, 0.05) is 24.9 Å². The normalized spacial score (nSPS) is 22.8. The van der Waals surface area contributed by atoms with Crippen molar-refractivity contribution in [3.05, 3.63) is 53.9 Å². The van der Waals surface area contributed by atoms with Crippen LogP contribution in [0.1, 0.15) is 36.3 Å². The zero-order valence-electron chi connectivity index (χ0n) is 18.3. The lowest BCUT2D eigenvalue weighted by Crippen LogP contribution is -2.23. The molecule has 5 rings (SSSR count). The van der Waals surface area contributed by atoms with E-state index in [9.17, 15) is 13.2 Å². The highest BCUT2D eigenvalue weighted by molar-refractivity contribution is 7.99. The Morgan fingerprint density at radius 3 is 2.67 bits per heavy atom. The second-order valence-electron chi connectivity index (χ2n) is 8.96. The third kappa shape index (κ3) is 4.63. The van der Waals surface area contributed by atoms with Crippen LogP contribution in [-0.2, 0) is 13.2 Å². The van der Waals surface area contributed by atoms with Crippen LogP contribution in [-0.4, -0.2) is 55.2 Å². The minimum absolute atomic E-state index is 0.254. The summed E-state index contributed by atoms with van der Waals surface area (Å²) < 4.78 is 40.4. The topological polar surface area (TPSA) is 59.7 Å². The standard InChI is InChI=1S/C23H25F3N6S/c1-31-20(17-7-9-27-28-14-17)29-30-21(31)33-12-2-10-32-11-8-22(15-32)13-19(22)16-3-5-18(6-4-16)23(24,25)26/h3-7,9,14,19H,2,8,10-13,15H2,1H3/t19-,22?/m0/s1. The first-order valence-electron chi connectivity index (χ1n) is 11.0. The van der Waals surface area contributed by atoms with Crippen molar-refractivity contribution in [3.8, 4) is 11.4 Å². The van der Waals surface area contributed by atoms with Gasteiger partial charge in [0.15, 0.2) is 11.0 Å². The summed E-state index contributed by atoms with van der Waals surface area (Å²) >= 11 is 1.70. The van der Waals surface area contributed by atoms with Crippen molar-refractivity contribution in [2.75, 3.05) is 25.4 Å². The number of nitrogens with zero attached hydrogens (tertiary/aromatic N) is 6. The lowest BCUT2D eigenvalue weighted by Gasteiger charge is -2.16. The first-order chi connectivity index (χ1) is 15.9. The molecule has 6 nitrogen and oxygen atoms in total. The molecule has 1 unspecified atom stereocenters. The summed E-state index contributed by atoms with van der Waals surface area (Å²) in [6.07, 6.45) is 2.29. The maximum absolute atomic E-state index is 12.8. The van der Waals surface area contributed by atoms with Gasteiger partial charge in [-0.15, -0.1) is 10.2 Å². The molecule has 0 radical (unpaired) electrons. The number of halogens is 3. The van der Waals surface area contributed by atoms with Gasteiger partial charge in [-0.25, -0.2) is 0 Å². The summed E-state index contributed by atoms with van der Waals surface area (Å²) in [5, 5.41) is 17.2. The van der Waals surface area contributed by atoms with E-state index < -0.39 is 11.7 Å². The first kappa shape index (κ1) is 22.3. The molecule has 1 spiro atoms. The second-order valence-corrected chi connectivity index (χ2v) is 10.0. The van der Waals surface area contributed by atoms with Crippen molar-refractivity contribution < 1.29 is 13.2 Å². The van der Waals surface area contributed by atoms with Crippen molar-refractivity contribution in [2.24, 2.45) is 12.5 Å². The maximum atomic E-state index is 12.8. The number of hydrogen-bond acceptors (Lipinski definition) is 6. The lowest BCUT2D eigenvalue weighted by atomic mass is 9.97. The van der Waals surface area contributed by atoms with Gasteiger partial charge in [-0.1, -0.05) is 23.9 Å². The quantitative estimate of drug-likeness (QED) is 0.367. The van der Waals surface area contributed by atoms with Gasteiger partial charge in [-0.3, -0.25) is 0 Å². The average Bonchev–Trinajstić information content (AvgIpc) is 3.15. The Kier molecular flexibility index (Phi) is 5.90. The second kappa shape index (κ2) is 8.72. The van der Waals surface area contributed by atoms with E-state index in [1.165, 1.54) is 12.1 Å². The molecule has 0 N–H and O–H groups in total. The smallest absolute Gasteiger partial charge is 0.305 e. The van der Waals surface area contributed by atoms with Gasteiger partial charge in [0.05, 0.1) is 18.0 Å². The zero-order valence-corrected chi connectivity index (χ0v) is 19.1. The van der Waals surface area contributed by atoms with Gasteiger partial charge in [-0.2, -0.15) is 23.4 Å². The van der Waals surface area contributed by atoms with Crippen molar-refractivity contribution >= 4 is 11.8 Å².